The molecule has 1 saturated carbocycles. The van der Waals surface area contributed by atoms with Crippen LogP contribution < -0.4 is 0 Å². The lowest BCUT2D eigenvalue weighted by atomic mass is 10.1. The Balaban J connectivity index is 1.62. The number of methoxy groups -OCH3 is 1. The average Bonchev–Trinajstić information content (AvgIpc) is 3.01. The largest absolute Gasteiger partial charge is 0.391 e. The van der Waals surface area contributed by atoms with Crippen LogP contribution in [0.5, 0.6) is 0 Å². The smallest absolute Gasteiger partial charge is 0.254 e. The maximum absolute atomic E-state index is 12.8. The Morgan fingerprint density at radius 1 is 1.22 bits per heavy atom. The molecule has 0 radical (unpaired) electrons. The van der Waals surface area contributed by atoms with Crippen LogP contribution in [0.1, 0.15) is 35.2 Å². The Hall–Kier alpha value is -1.43. The summed E-state index contributed by atoms with van der Waals surface area (Å²) in [5, 5.41) is 10.1. The van der Waals surface area contributed by atoms with Crippen molar-refractivity contribution in [2.45, 2.75) is 38.0 Å². The second-order valence-corrected chi connectivity index (χ2v) is 6.48. The molecule has 1 saturated heterocycles. The summed E-state index contributed by atoms with van der Waals surface area (Å²) in [4.78, 5) is 17.1. The predicted molar refractivity (Wildman–Crippen MR) is 88.3 cm³/mol. The molecule has 1 aromatic carbocycles. The maximum Gasteiger partial charge on any atom is 0.254 e. The van der Waals surface area contributed by atoms with Gasteiger partial charge in [0.1, 0.15) is 0 Å². The zero-order valence-corrected chi connectivity index (χ0v) is 13.8. The number of piperazine rings is 1. The Kier molecular flexibility index (Phi) is 5.30. The van der Waals surface area contributed by atoms with Crippen molar-refractivity contribution in [3.8, 4) is 0 Å². The number of nitrogens with zero attached hydrogens (tertiary/aromatic N) is 2. The van der Waals surface area contributed by atoms with Crippen molar-refractivity contribution < 1.29 is 14.6 Å². The van der Waals surface area contributed by atoms with Crippen LogP contribution in [0.15, 0.2) is 24.3 Å². The van der Waals surface area contributed by atoms with E-state index >= 15 is 0 Å². The summed E-state index contributed by atoms with van der Waals surface area (Å²) in [5.41, 5.74) is 1.68. The number of aliphatic hydroxyl groups excluding tert-OH is 1. The predicted octanol–water partition coefficient (Wildman–Crippen LogP) is 1.50. The highest BCUT2D eigenvalue weighted by molar-refractivity contribution is 5.95. The van der Waals surface area contributed by atoms with Crippen molar-refractivity contribution in [2.75, 3.05) is 33.3 Å². The van der Waals surface area contributed by atoms with Crippen molar-refractivity contribution in [3.63, 3.8) is 0 Å². The summed E-state index contributed by atoms with van der Waals surface area (Å²) in [6.45, 7) is 3.60. The summed E-state index contributed by atoms with van der Waals surface area (Å²) in [7, 11) is 1.65. The molecule has 2 fully saturated rings. The van der Waals surface area contributed by atoms with Gasteiger partial charge in [-0.15, -0.1) is 0 Å². The molecule has 0 spiro atoms. The van der Waals surface area contributed by atoms with Crippen molar-refractivity contribution in [3.05, 3.63) is 35.4 Å². The second kappa shape index (κ2) is 7.43. The quantitative estimate of drug-likeness (QED) is 0.914. The van der Waals surface area contributed by atoms with Crippen molar-refractivity contribution >= 4 is 5.91 Å². The average molecular weight is 318 g/mol. The first-order valence-electron chi connectivity index (χ1n) is 8.49. The number of amides is 1. The zero-order chi connectivity index (χ0) is 16.2. The fraction of sp³-hybridized carbons (Fsp3) is 0.611. The van der Waals surface area contributed by atoms with E-state index in [1.807, 2.05) is 29.2 Å². The molecule has 0 aromatic heterocycles. The van der Waals surface area contributed by atoms with E-state index < -0.39 is 0 Å². The van der Waals surface area contributed by atoms with Crippen LogP contribution >= 0.6 is 0 Å². The van der Waals surface area contributed by atoms with Gasteiger partial charge in [-0.2, -0.15) is 0 Å². The van der Waals surface area contributed by atoms with Gasteiger partial charge in [-0.3, -0.25) is 9.69 Å². The first-order valence-corrected chi connectivity index (χ1v) is 8.49. The molecule has 3 rings (SSSR count). The van der Waals surface area contributed by atoms with Gasteiger partial charge < -0.3 is 14.7 Å². The van der Waals surface area contributed by atoms with E-state index in [1.165, 1.54) is 0 Å². The molecule has 5 nitrogen and oxygen atoms in total. The van der Waals surface area contributed by atoms with E-state index in [0.29, 0.717) is 6.61 Å². The van der Waals surface area contributed by atoms with Crippen molar-refractivity contribution in [2.24, 2.45) is 0 Å². The Bertz CT molecular complexity index is 541. The summed E-state index contributed by atoms with van der Waals surface area (Å²) in [6, 6.07) is 7.95. The topological polar surface area (TPSA) is 53.0 Å². The fourth-order valence-corrected chi connectivity index (χ4v) is 3.78. The Morgan fingerprint density at radius 3 is 2.61 bits per heavy atom. The standard InChI is InChI=1S/C18H26N2O3/c1-23-13-14-5-2-3-6-15(14)18(22)20-11-9-19(10-12-20)16-7-4-8-17(16)21/h2-3,5-6,16-17,21H,4,7-13H2,1H3/t16-,17+/m1/s1. The molecule has 1 N–H and O–H groups in total. The highest BCUT2D eigenvalue weighted by atomic mass is 16.5. The van der Waals surface area contributed by atoms with Gasteiger partial charge in [0.2, 0.25) is 0 Å². The van der Waals surface area contributed by atoms with E-state index in [-0.39, 0.29) is 18.1 Å². The fourth-order valence-electron chi connectivity index (χ4n) is 3.78. The first kappa shape index (κ1) is 16.4. The third kappa shape index (κ3) is 3.57. The van der Waals surface area contributed by atoms with Gasteiger partial charge in [0.05, 0.1) is 12.7 Å². The van der Waals surface area contributed by atoms with Gasteiger partial charge in [-0.1, -0.05) is 18.2 Å². The third-order valence-corrected chi connectivity index (χ3v) is 5.06. The molecular weight excluding hydrogens is 292 g/mol. The van der Waals surface area contributed by atoms with E-state index in [9.17, 15) is 9.90 Å². The van der Waals surface area contributed by atoms with E-state index in [1.54, 1.807) is 7.11 Å². The van der Waals surface area contributed by atoms with Gasteiger partial charge in [-0.25, -0.2) is 0 Å². The van der Waals surface area contributed by atoms with E-state index in [2.05, 4.69) is 4.90 Å². The molecular formula is C18H26N2O3. The minimum atomic E-state index is -0.195. The number of carbonyl (C=O) groups is 1. The summed E-state index contributed by atoms with van der Waals surface area (Å²) in [6.07, 6.45) is 2.90. The van der Waals surface area contributed by atoms with Gasteiger partial charge in [0.25, 0.3) is 5.91 Å². The lowest BCUT2D eigenvalue weighted by Gasteiger charge is -2.39. The van der Waals surface area contributed by atoms with E-state index in [4.69, 9.17) is 4.74 Å². The lowest BCUT2D eigenvalue weighted by molar-refractivity contribution is 0.0314. The van der Waals surface area contributed by atoms with E-state index in [0.717, 1.165) is 56.6 Å². The number of hydrogen-bond acceptors (Lipinski definition) is 4. The van der Waals surface area contributed by atoms with Gasteiger partial charge >= 0.3 is 0 Å². The molecule has 5 heteroatoms. The SMILES string of the molecule is COCc1ccccc1C(=O)N1CCN([C@@H]2CCC[C@@H]2O)CC1. The van der Waals surface area contributed by atoms with Crippen LogP contribution in [-0.2, 0) is 11.3 Å². The van der Waals surface area contributed by atoms with Gasteiger partial charge in [-0.05, 0) is 30.9 Å². The van der Waals surface area contributed by atoms with Crippen molar-refractivity contribution in [1.82, 2.24) is 9.80 Å². The third-order valence-electron chi connectivity index (χ3n) is 5.06. The molecule has 1 aromatic rings. The zero-order valence-electron chi connectivity index (χ0n) is 13.8. The minimum Gasteiger partial charge on any atom is -0.391 e. The van der Waals surface area contributed by atoms with Gasteiger partial charge in [0.15, 0.2) is 0 Å². The summed E-state index contributed by atoms with van der Waals surface area (Å²) in [5.74, 6) is 0.0873. The van der Waals surface area contributed by atoms with Crippen molar-refractivity contribution in [1.29, 1.82) is 0 Å². The lowest BCUT2D eigenvalue weighted by Crippen LogP contribution is -2.53. The normalized spacial score (nSPS) is 25.7. The van der Waals surface area contributed by atoms with Crippen LogP contribution in [0.4, 0.5) is 0 Å². The molecule has 1 aliphatic heterocycles. The number of benzene rings is 1. The van der Waals surface area contributed by atoms with Crippen LogP contribution in [0.25, 0.3) is 0 Å². The summed E-state index contributed by atoms with van der Waals surface area (Å²) < 4.78 is 5.20. The number of rotatable bonds is 4. The molecule has 0 unspecified atom stereocenters. The van der Waals surface area contributed by atoms with Crippen LogP contribution in [0, 0.1) is 0 Å². The summed E-state index contributed by atoms with van der Waals surface area (Å²) >= 11 is 0. The highest BCUT2D eigenvalue weighted by Gasteiger charge is 2.33. The number of aliphatic hydroxyl groups is 1. The van der Waals surface area contributed by atoms with Gasteiger partial charge in [0, 0.05) is 44.9 Å². The molecule has 2 atom stereocenters. The second-order valence-electron chi connectivity index (χ2n) is 6.48. The Labute approximate surface area is 137 Å². The number of ether oxygens (including phenoxy) is 1. The van der Waals surface area contributed by atoms with Crippen LogP contribution in [-0.4, -0.2) is 66.2 Å². The van der Waals surface area contributed by atoms with Crippen LogP contribution in [0.2, 0.25) is 0 Å². The number of carbonyl (C=O) groups excluding carboxylic acids is 1. The molecule has 2 aliphatic rings. The van der Waals surface area contributed by atoms with Crippen LogP contribution in [0.3, 0.4) is 0 Å². The first-order chi connectivity index (χ1) is 11.2. The molecule has 1 aliphatic carbocycles. The number of hydrogen-bond donors (Lipinski definition) is 1. The molecule has 126 valence electrons. The molecule has 1 amide bonds. The molecule has 0 bridgehead atoms. The highest BCUT2D eigenvalue weighted by Crippen LogP contribution is 2.25. The molecule has 23 heavy (non-hydrogen) atoms. The Morgan fingerprint density at radius 2 is 1.96 bits per heavy atom. The minimum absolute atomic E-state index is 0.0873. The maximum atomic E-state index is 12.8. The monoisotopic (exact) mass is 318 g/mol. The molecule has 1 heterocycles.